The summed E-state index contributed by atoms with van der Waals surface area (Å²) in [6, 6.07) is 17.2. The monoisotopic (exact) mass is 379 g/mol. The van der Waals surface area contributed by atoms with Gasteiger partial charge in [-0.3, -0.25) is 14.2 Å². The molecule has 3 aromatic rings. The van der Waals surface area contributed by atoms with E-state index < -0.39 is 0 Å². The van der Waals surface area contributed by atoms with Crippen LogP contribution in [-0.4, -0.2) is 27.8 Å². The maximum Gasteiger partial charge on any atom is 0.262 e. The smallest absolute Gasteiger partial charge is 0.262 e. The number of nitrogens with zero attached hydrogens (tertiary/aromatic N) is 3. The summed E-state index contributed by atoms with van der Waals surface area (Å²) < 4.78 is 1.78. The Morgan fingerprint density at radius 3 is 2.52 bits per heavy atom. The van der Waals surface area contributed by atoms with E-state index in [0.29, 0.717) is 16.1 Å². The minimum Gasteiger partial charge on any atom is -0.315 e. The van der Waals surface area contributed by atoms with Crippen molar-refractivity contribution < 1.29 is 4.79 Å². The van der Waals surface area contributed by atoms with Gasteiger partial charge in [-0.25, -0.2) is 4.98 Å². The first-order valence-corrected chi connectivity index (χ1v) is 9.95. The average molecular weight is 379 g/mol. The molecule has 1 aliphatic rings. The van der Waals surface area contributed by atoms with Crippen molar-refractivity contribution in [3.63, 3.8) is 0 Å². The van der Waals surface area contributed by atoms with Crippen LogP contribution < -0.4 is 10.5 Å². The zero-order valence-electron chi connectivity index (χ0n) is 15.3. The summed E-state index contributed by atoms with van der Waals surface area (Å²) in [6.45, 7) is 1.87. The Kier molecular flexibility index (Phi) is 4.74. The molecule has 0 radical (unpaired) electrons. The summed E-state index contributed by atoms with van der Waals surface area (Å²) in [5.41, 5.74) is 1.51. The number of amides is 1. The molecule has 1 atom stereocenters. The fraction of sp³-hybridized carbons (Fsp3) is 0.286. The van der Waals surface area contributed by atoms with Gasteiger partial charge in [0.1, 0.15) is 0 Å². The summed E-state index contributed by atoms with van der Waals surface area (Å²) in [5, 5.41) is 0.908. The van der Waals surface area contributed by atoms with Gasteiger partial charge in [-0.1, -0.05) is 42.1 Å². The molecule has 1 heterocycles. The lowest BCUT2D eigenvalue weighted by Crippen LogP contribution is -2.34. The van der Waals surface area contributed by atoms with Gasteiger partial charge in [0, 0.05) is 18.8 Å². The van der Waals surface area contributed by atoms with Crippen molar-refractivity contribution in [3.8, 4) is 0 Å². The third-order valence-corrected chi connectivity index (χ3v) is 5.85. The number of rotatable bonds is 5. The number of hydrogen-bond donors (Lipinski definition) is 0. The predicted molar refractivity (Wildman–Crippen MR) is 109 cm³/mol. The van der Waals surface area contributed by atoms with Crippen LogP contribution in [0.15, 0.2) is 64.5 Å². The van der Waals surface area contributed by atoms with Crippen LogP contribution in [0.25, 0.3) is 10.9 Å². The molecule has 0 saturated heterocycles. The van der Waals surface area contributed by atoms with Crippen LogP contribution >= 0.6 is 11.8 Å². The van der Waals surface area contributed by atoms with Crippen molar-refractivity contribution in [2.24, 2.45) is 0 Å². The Bertz CT molecular complexity index is 1040. The lowest BCUT2D eigenvalue weighted by molar-refractivity contribution is -0.117. The molecule has 138 valence electrons. The van der Waals surface area contributed by atoms with Gasteiger partial charge in [-0.15, -0.1) is 0 Å². The third kappa shape index (κ3) is 3.49. The van der Waals surface area contributed by atoms with Gasteiger partial charge in [0.05, 0.1) is 16.2 Å². The number of para-hydroxylation sites is 2. The Balaban J connectivity index is 1.65. The van der Waals surface area contributed by atoms with Crippen molar-refractivity contribution in [1.29, 1.82) is 0 Å². The Morgan fingerprint density at radius 1 is 1.15 bits per heavy atom. The number of anilines is 1. The molecule has 4 rings (SSSR count). The lowest BCUT2D eigenvalue weighted by atomic mass is 10.2. The first-order chi connectivity index (χ1) is 13.1. The normalized spacial score (nSPS) is 14.9. The zero-order valence-corrected chi connectivity index (χ0v) is 16.1. The van der Waals surface area contributed by atoms with E-state index in [-0.39, 0.29) is 22.8 Å². The highest BCUT2D eigenvalue weighted by molar-refractivity contribution is 8.00. The largest absolute Gasteiger partial charge is 0.315 e. The molecular formula is C21H21N3O2S. The summed E-state index contributed by atoms with van der Waals surface area (Å²) in [7, 11) is 1.77. The zero-order chi connectivity index (χ0) is 19.0. The number of benzene rings is 2. The van der Waals surface area contributed by atoms with Crippen molar-refractivity contribution in [2.45, 2.75) is 36.2 Å². The first kappa shape index (κ1) is 17.8. The molecule has 1 saturated carbocycles. The van der Waals surface area contributed by atoms with Gasteiger partial charge in [0.2, 0.25) is 5.91 Å². The third-order valence-electron chi connectivity index (χ3n) is 4.79. The van der Waals surface area contributed by atoms with Gasteiger partial charge in [0.15, 0.2) is 5.16 Å². The number of thioether (sulfide) groups is 1. The first-order valence-electron chi connectivity index (χ1n) is 9.07. The maximum atomic E-state index is 13.0. The fourth-order valence-corrected chi connectivity index (χ4v) is 4.20. The van der Waals surface area contributed by atoms with Crippen molar-refractivity contribution in [1.82, 2.24) is 9.55 Å². The molecular weight excluding hydrogens is 358 g/mol. The van der Waals surface area contributed by atoms with E-state index in [1.165, 1.54) is 11.8 Å². The van der Waals surface area contributed by atoms with E-state index >= 15 is 0 Å². The molecule has 2 aromatic carbocycles. The van der Waals surface area contributed by atoms with E-state index in [1.807, 2.05) is 61.5 Å². The summed E-state index contributed by atoms with van der Waals surface area (Å²) in [5.74, 6) is -0.0176. The minimum absolute atomic E-state index is 0.0123. The Labute approximate surface area is 162 Å². The number of fused-ring (bicyclic) bond motifs is 1. The van der Waals surface area contributed by atoms with Crippen LogP contribution in [0.3, 0.4) is 0 Å². The van der Waals surface area contributed by atoms with Gasteiger partial charge >= 0.3 is 0 Å². The number of hydrogen-bond acceptors (Lipinski definition) is 4. The van der Waals surface area contributed by atoms with Gasteiger partial charge in [-0.05, 0) is 44.0 Å². The maximum absolute atomic E-state index is 13.0. The second-order valence-corrected chi connectivity index (χ2v) is 8.12. The molecule has 27 heavy (non-hydrogen) atoms. The quantitative estimate of drug-likeness (QED) is 0.499. The molecule has 1 aliphatic carbocycles. The molecule has 0 N–H and O–H groups in total. The SMILES string of the molecule is C[C@@H](Sc1nc2ccccc2c(=O)n1C1CC1)C(=O)N(C)c1ccccc1. The van der Waals surface area contributed by atoms with Crippen LogP contribution in [0.2, 0.25) is 0 Å². The lowest BCUT2D eigenvalue weighted by Gasteiger charge is -2.22. The second-order valence-electron chi connectivity index (χ2n) is 6.81. The second kappa shape index (κ2) is 7.19. The number of carbonyl (C=O) groups is 1. The average Bonchev–Trinajstić information content (AvgIpc) is 3.52. The van der Waals surface area contributed by atoms with Crippen LogP contribution in [0.1, 0.15) is 25.8 Å². The van der Waals surface area contributed by atoms with E-state index in [2.05, 4.69) is 0 Å². The minimum atomic E-state index is -0.353. The molecule has 0 unspecified atom stereocenters. The van der Waals surface area contributed by atoms with Crippen molar-refractivity contribution in [3.05, 3.63) is 65.0 Å². The van der Waals surface area contributed by atoms with E-state index in [9.17, 15) is 9.59 Å². The van der Waals surface area contributed by atoms with E-state index in [4.69, 9.17) is 4.98 Å². The van der Waals surface area contributed by atoms with Crippen LogP contribution in [0, 0.1) is 0 Å². The predicted octanol–water partition coefficient (Wildman–Crippen LogP) is 3.88. The molecule has 1 aromatic heterocycles. The van der Waals surface area contributed by atoms with Crippen LogP contribution in [0.4, 0.5) is 5.69 Å². The molecule has 6 heteroatoms. The van der Waals surface area contributed by atoms with Crippen LogP contribution in [-0.2, 0) is 4.79 Å². The Hall–Kier alpha value is -2.60. The number of aromatic nitrogens is 2. The van der Waals surface area contributed by atoms with Gasteiger partial charge in [-0.2, -0.15) is 0 Å². The molecule has 0 aliphatic heterocycles. The standard InChI is InChI=1S/C21H21N3O2S/c1-14(19(25)23(2)15-8-4-3-5-9-15)27-21-22-18-11-7-6-10-17(18)20(26)24(21)16-12-13-16/h3-11,14,16H,12-13H2,1-2H3/t14-/m1/s1. The molecule has 0 spiro atoms. The molecule has 0 bridgehead atoms. The molecule has 1 amide bonds. The topological polar surface area (TPSA) is 55.2 Å². The summed E-state index contributed by atoms with van der Waals surface area (Å²) in [6.07, 6.45) is 1.97. The van der Waals surface area contributed by atoms with E-state index in [1.54, 1.807) is 16.5 Å². The highest BCUT2D eigenvalue weighted by Crippen LogP contribution is 2.37. The highest BCUT2D eigenvalue weighted by Gasteiger charge is 2.30. The van der Waals surface area contributed by atoms with Crippen LogP contribution in [0.5, 0.6) is 0 Å². The highest BCUT2D eigenvalue weighted by atomic mass is 32.2. The summed E-state index contributed by atoms with van der Waals surface area (Å²) in [4.78, 5) is 32.2. The molecule has 1 fully saturated rings. The van der Waals surface area contributed by atoms with Crippen molar-refractivity contribution in [2.75, 3.05) is 11.9 Å². The molecule has 5 nitrogen and oxygen atoms in total. The van der Waals surface area contributed by atoms with E-state index in [0.717, 1.165) is 18.5 Å². The van der Waals surface area contributed by atoms with Gasteiger partial charge in [0.25, 0.3) is 5.56 Å². The number of carbonyl (C=O) groups excluding carboxylic acids is 1. The summed E-state index contributed by atoms with van der Waals surface area (Å²) >= 11 is 1.36. The Morgan fingerprint density at radius 2 is 1.81 bits per heavy atom. The van der Waals surface area contributed by atoms with Gasteiger partial charge < -0.3 is 4.90 Å². The van der Waals surface area contributed by atoms with Crippen molar-refractivity contribution >= 4 is 34.3 Å². The fourth-order valence-electron chi connectivity index (χ4n) is 3.12.